The number of carbonyl (C=O) groups is 2. The minimum absolute atomic E-state index is 0.0371. The molecule has 34 heavy (non-hydrogen) atoms. The van der Waals surface area contributed by atoms with E-state index in [4.69, 9.17) is 9.47 Å². The normalized spacial score (nSPS) is 18.5. The van der Waals surface area contributed by atoms with E-state index in [2.05, 4.69) is 0 Å². The van der Waals surface area contributed by atoms with Crippen LogP contribution in [0.3, 0.4) is 0 Å². The number of sulfonamides is 1. The zero-order chi connectivity index (χ0) is 25.0. The molecular formula is C24H30N2O7S. The van der Waals surface area contributed by atoms with Crippen LogP contribution < -0.4 is 4.74 Å². The quantitative estimate of drug-likeness (QED) is 0.560. The third-order valence-corrected chi connectivity index (χ3v) is 7.83. The van der Waals surface area contributed by atoms with Crippen LogP contribution in [-0.4, -0.2) is 74.1 Å². The number of para-hydroxylation sites is 1. The minimum Gasteiger partial charge on any atom is -0.496 e. The molecule has 9 nitrogen and oxygen atoms in total. The maximum absolute atomic E-state index is 13.2. The van der Waals surface area contributed by atoms with E-state index in [0.717, 1.165) is 21.0 Å². The fraction of sp³-hybridized carbons (Fsp3) is 0.417. The highest BCUT2D eigenvalue weighted by atomic mass is 32.2. The van der Waals surface area contributed by atoms with Crippen molar-refractivity contribution in [3.63, 3.8) is 0 Å². The van der Waals surface area contributed by atoms with E-state index in [1.807, 2.05) is 25.1 Å². The van der Waals surface area contributed by atoms with Crippen LogP contribution in [0.4, 0.5) is 0 Å². The van der Waals surface area contributed by atoms with Gasteiger partial charge in [-0.2, -0.15) is 4.31 Å². The summed E-state index contributed by atoms with van der Waals surface area (Å²) in [5.41, 5.74) is 2.52. The van der Waals surface area contributed by atoms with E-state index in [0.29, 0.717) is 5.75 Å². The van der Waals surface area contributed by atoms with E-state index in [9.17, 15) is 23.1 Å². The molecular weight excluding hydrogens is 460 g/mol. The van der Waals surface area contributed by atoms with E-state index in [1.54, 1.807) is 26.1 Å². The van der Waals surface area contributed by atoms with Crippen LogP contribution in [0.25, 0.3) is 0 Å². The molecule has 0 radical (unpaired) electrons. The largest absolute Gasteiger partial charge is 0.496 e. The van der Waals surface area contributed by atoms with Gasteiger partial charge in [0.25, 0.3) is 5.91 Å². The van der Waals surface area contributed by atoms with Gasteiger partial charge in [0, 0.05) is 32.1 Å². The highest BCUT2D eigenvalue weighted by Crippen LogP contribution is 2.28. The zero-order valence-electron chi connectivity index (χ0n) is 19.7. The molecule has 1 unspecified atom stereocenters. The van der Waals surface area contributed by atoms with Gasteiger partial charge in [-0.3, -0.25) is 9.59 Å². The van der Waals surface area contributed by atoms with Gasteiger partial charge in [0.05, 0.1) is 18.1 Å². The molecule has 2 aromatic rings. The zero-order valence-corrected chi connectivity index (χ0v) is 20.5. The highest BCUT2D eigenvalue weighted by molar-refractivity contribution is 7.89. The lowest BCUT2D eigenvalue weighted by atomic mass is 10.1. The number of ether oxygens (including phenoxy) is 2. The Morgan fingerprint density at radius 2 is 1.85 bits per heavy atom. The number of carbonyl (C=O) groups excluding carboxylic acids is 2. The van der Waals surface area contributed by atoms with E-state index >= 15 is 0 Å². The summed E-state index contributed by atoms with van der Waals surface area (Å²) >= 11 is 0. The van der Waals surface area contributed by atoms with Crippen LogP contribution in [-0.2, 0) is 30.9 Å². The maximum atomic E-state index is 13.2. The summed E-state index contributed by atoms with van der Waals surface area (Å²) in [4.78, 5) is 26.7. The Bertz CT molecular complexity index is 1170. The third-order valence-electron chi connectivity index (χ3n) is 5.95. The molecule has 0 aromatic heterocycles. The fourth-order valence-electron chi connectivity index (χ4n) is 3.79. The number of hydrogen-bond acceptors (Lipinski definition) is 7. The molecule has 1 heterocycles. The first kappa shape index (κ1) is 25.7. The van der Waals surface area contributed by atoms with Crippen molar-refractivity contribution in [3.8, 4) is 5.75 Å². The van der Waals surface area contributed by atoms with Crippen molar-refractivity contribution < 1.29 is 32.6 Å². The maximum Gasteiger partial charge on any atom is 0.325 e. The van der Waals surface area contributed by atoms with Crippen LogP contribution in [0.1, 0.15) is 23.1 Å². The van der Waals surface area contributed by atoms with Crippen molar-refractivity contribution in [1.82, 2.24) is 9.21 Å². The molecule has 0 aliphatic carbocycles. The van der Waals surface area contributed by atoms with Gasteiger partial charge in [-0.05, 0) is 43.2 Å². The van der Waals surface area contributed by atoms with Crippen molar-refractivity contribution in [2.24, 2.45) is 0 Å². The average Bonchev–Trinajstić information content (AvgIpc) is 3.21. The Morgan fingerprint density at radius 3 is 2.53 bits per heavy atom. The molecule has 184 valence electrons. The lowest BCUT2D eigenvalue weighted by Crippen LogP contribution is -2.42. The predicted molar refractivity (Wildman–Crippen MR) is 125 cm³/mol. The molecule has 0 spiro atoms. The summed E-state index contributed by atoms with van der Waals surface area (Å²) < 4.78 is 37.8. The van der Waals surface area contributed by atoms with Crippen molar-refractivity contribution in [3.05, 3.63) is 59.2 Å². The Labute approximate surface area is 199 Å². The Balaban J connectivity index is 1.67. The predicted octanol–water partition coefficient (Wildman–Crippen LogP) is 1.64. The second-order valence-electron chi connectivity index (χ2n) is 8.40. The van der Waals surface area contributed by atoms with Gasteiger partial charge < -0.3 is 19.5 Å². The average molecular weight is 491 g/mol. The Kier molecular flexibility index (Phi) is 7.96. The van der Waals surface area contributed by atoms with Crippen molar-refractivity contribution in [1.29, 1.82) is 0 Å². The molecule has 1 amide bonds. The Morgan fingerprint density at radius 1 is 1.15 bits per heavy atom. The molecule has 3 rings (SSSR count). The third kappa shape index (κ3) is 5.57. The van der Waals surface area contributed by atoms with Gasteiger partial charge in [0.2, 0.25) is 10.0 Å². The first-order chi connectivity index (χ1) is 16.0. The number of β-amino-alcohol motifs (C(OH)–C–C–N with tert-alkyl or cyclic N) is 1. The number of hydrogen-bond donors (Lipinski definition) is 1. The minimum atomic E-state index is -4.05. The molecule has 0 bridgehead atoms. The van der Waals surface area contributed by atoms with Gasteiger partial charge >= 0.3 is 5.97 Å². The number of likely N-dealkylation sites (N-methyl/N-ethyl adjacent to an activating group) is 1. The molecule has 1 aliphatic rings. The lowest BCUT2D eigenvalue weighted by molar-refractivity contribution is -0.154. The number of aliphatic hydroxyl groups excluding tert-OH is 1. The summed E-state index contributed by atoms with van der Waals surface area (Å²) in [6.45, 7) is 3.14. The summed E-state index contributed by atoms with van der Waals surface area (Å²) in [5.74, 6) is -0.698. The van der Waals surface area contributed by atoms with Gasteiger partial charge in [-0.15, -0.1) is 0 Å². The van der Waals surface area contributed by atoms with Crippen molar-refractivity contribution in [2.75, 3.05) is 27.3 Å². The van der Waals surface area contributed by atoms with E-state index in [-0.39, 0.29) is 24.4 Å². The highest BCUT2D eigenvalue weighted by Gasteiger charge is 2.44. The Hall–Kier alpha value is -2.95. The fourth-order valence-corrected chi connectivity index (χ4v) is 5.50. The summed E-state index contributed by atoms with van der Waals surface area (Å²) in [5, 5.41) is 10.1. The number of aryl methyl sites for hydroxylation is 2. The monoisotopic (exact) mass is 490 g/mol. The van der Waals surface area contributed by atoms with Crippen LogP contribution in [0, 0.1) is 13.8 Å². The van der Waals surface area contributed by atoms with Crippen LogP contribution in [0.15, 0.2) is 47.4 Å². The van der Waals surface area contributed by atoms with Crippen LogP contribution in [0.2, 0.25) is 0 Å². The number of methoxy groups -OCH3 is 1. The number of esters is 1. The summed E-state index contributed by atoms with van der Waals surface area (Å²) in [6.07, 6.45) is -1.11. The van der Waals surface area contributed by atoms with Gasteiger partial charge in [-0.1, -0.05) is 24.3 Å². The molecule has 1 fully saturated rings. The number of nitrogens with zero attached hydrogens (tertiary/aromatic N) is 2. The SMILES string of the molecule is COc1ccccc1CN(C)C(=O)COC(=O)[C@@H]1CC(O)CN1S(=O)(=O)c1ccc(C)c(C)c1. The topological polar surface area (TPSA) is 113 Å². The van der Waals surface area contributed by atoms with Crippen LogP contribution in [0.5, 0.6) is 5.75 Å². The molecule has 1 saturated heterocycles. The number of aliphatic hydroxyl groups is 1. The standard InChI is InChI=1S/C24H30N2O7S/c1-16-9-10-20(11-17(16)2)34(30,31)26-14-19(27)12-21(26)24(29)33-15-23(28)25(3)13-18-7-5-6-8-22(18)32-4/h5-11,19,21,27H,12-15H2,1-4H3/t19?,21-/m0/s1. The van der Waals surface area contributed by atoms with Crippen molar-refractivity contribution >= 4 is 21.9 Å². The molecule has 10 heteroatoms. The summed E-state index contributed by atoms with van der Waals surface area (Å²) in [7, 11) is -0.939. The smallest absolute Gasteiger partial charge is 0.325 e. The van der Waals surface area contributed by atoms with E-state index < -0.39 is 40.7 Å². The number of rotatable bonds is 8. The number of benzene rings is 2. The first-order valence-corrected chi connectivity index (χ1v) is 12.3. The molecule has 0 saturated carbocycles. The first-order valence-electron chi connectivity index (χ1n) is 10.8. The molecule has 2 aromatic carbocycles. The van der Waals surface area contributed by atoms with Gasteiger partial charge in [0.15, 0.2) is 6.61 Å². The van der Waals surface area contributed by atoms with Crippen LogP contribution >= 0.6 is 0 Å². The van der Waals surface area contributed by atoms with Crippen molar-refractivity contribution in [2.45, 2.75) is 43.9 Å². The van der Waals surface area contributed by atoms with E-state index in [1.165, 1.54) is 24.1 Å². The molecule has 1 N–H and O–H groups in total. The van der Waals surface area contributed by atoms with Gasteiger partial charge in [-0.25, -0.2) is 8.42 Å². The van der Waals surface area contributed by atoms with Gasteiger partial charge in [0.1, 0.15) is 11.8 Å². The second kappa shape index (κ2) is 10.5. The second-order valence-corrected chi connectivity index (χ2v) is 10.3. The number of amides is 1. The molecule has 1 aliphatic heterocycles. The summed E-state index contributed by atoms with van der Waals surface area (Å²) in [6, 6.07) is 10.7. The molecule has 2 atom stereocenters. The lowest BCUT2D eigenvalue weighted by Gasteiger charge is -2.23.